The number of thioether (sulfide) groups is 1. The van der Waals surface area contributed by atoms with Gasteiger partial charge in [0.2, 0.25) is 6.10 Å². The summed E-state index contributed by atoms with van der Waals surface area (Å²) in [6, 6.07) is 7.42. The number of fused-ring (bicyclic) bond motifs is 1. The van der Waals surface area contributed by atoms with Crippen molar-refractivity contribution < 1.29 is 18.7 Å². The lowest BCUT2D eigenvalue weighted by Crippen LogP contribution is -2.31. The topological polar surface area (TPSA) is 86.5 Å². The van der Waals surface area contributed by atoms with Crippen molar-refractivity contribution >= 4 is 17.5 Å². The first-order valence-corrected chi connectivity index (χ1v) is 8.89. The van der Waals surface area contributed by atoms with E-state index in [0.29, 0.717) is 35.0 Å². The number of para-hydroxylation sites is 2. The summed E-state index contributed by atoms with van der Waals surface area (Å²) in [6.45, 7) is 1.22. The zero-order chi connectivity index (χ0) is 16.4. The molecule has 2 atom stereocenters. The van der Waals surface area contributed by atoms with Gasteiger partial charge in [-0.2, -0.15) is 0 Å². The molecule has 3 heterocycles. The molecular formula is C16H17N3O4S. The Morgan fingerprint density at radius 3 is 3.00 bits per heavy atom. The highest BCUT2D eigenvalue weighted by Gasteiger charge is 2.28. The van der Waals surface area contributed by atoms with Crippen LogP contribution in [0.4, 0.5) is 0 Å². The Morgan fingerprint density at radius 2 is 2.17 bits per heavy atom. The van der Waals surface area contributed by atoms with Crippen LogP contribution in [0.15, 0.2) is 33.9 Å². The highest BCUT2D eigenvalue weighted by molar-refractivity contribution is 7.99. The van der Waals surface area contributed by atoms with Gasteiger partial charge in [0.25, 0.3) is 11.1 Å². The summed E-state index contributed by atoms with van der Waals surface area (Å²) < 4.78 is 17.1. The lowest BCUT2D eigenvalue weighted by atomic mass is 10.2. The van der Waals surface area contributed by atoms with Crippen LogP contribution in [0, 0.1) is 0 Å². The number of Topliss-reactive ketones (excluding diaryl/α,β-unsaturated/α-hetero) is 1. The van der Waals surface area contributed by atoms with Crippen molar-refractivity contribution in [3.05, 3.63) is 30.2 Å². The van der Waals surface area contributed by atoms with Crippen molar-refractivity contribution in [1.82, 2.24) is 15.5 Å². The third kappa shape index (κ3) is 3.25. The summed E-state index contributed by atoms with van der Waals surface area (Å²) in [5.74, 6) is 2.22. The molecule has 1 aromatic carbocycles. The normalized spacial score (nSPS) is 22.5. The highest BCUT2D eigenvalue weighted by atomic mass is 32.2. The summed E-state index contributed by atoms with van der Waals surface area (Å²) in [5, 5.41) is 11.6. The second-order valence-corrected chi connectivity index (χ2v) is 6.60. The van der Waals surface area contributed by atoms with Gasteiger partial charge < -0.3 is 19.2 Å². The predicted molar refractivity (Wildman–Crippen MR) is 86.4 cm³/mol. The maximum atomic E-state index is 12.0. The number of aromatic nitrogens is 2. The van der Waals surface area contributed by atoms with Crippen molar-refractivity contribution in [2.24, 2.45) is 0 Å². The number of ketones is 1. The summed E-state index contributed by atoms with van der Waals surface area (Å²) >= 11 is 1.26. The molecule has 4 rings (SSSR count). The van der Waals surface area contributed by atoms with E-state index in [9.17, 15) is 4.79 Å². The smallest absolute Gasteiger partial charge is 0.277 e. The number of carbonyl (C=O) groups excluding carboxylic acids is 1. The molecule has 0 aliphatic carbocycles. The van der Waals surface area contributed by atoms with Crippen molar-refractivity contribution in [2.75, 3.05) is 18.9 Å². The Labute approximate surface area is 143 Å². The molecule has 8 heteroatoms. The Bertz CT molecular complexity index is 730. The molecule has 2 aliphatic rings. The third-order valence-electron chi connectivity index (χ3n) is 3.99. The van der Waals surface area contributed by atoms with Crippen molar-refractivity contribution in [1.29, 1.82) is 0 Å². The molecule has 2 aromatic rings. The number of rotatable bonds is 5. The van der Waals surface area contributed by atoms with E-state index in [1.807, 2.05) is 24.3 Å². The molecule has 1 aromatic heterocycles. The van der Waals surface area contributed by atoms with E-state index >= 15 is 0 Å². The highest BCUT2D eigenvalue weighted by Crippen LogP contribution is 2.35. The molecule has 126 valence electrons. The van der Waals surface area contributed by atoms with Gasteiger partial charge in [0.1, 0.15) is 6.61 Å². The molecule has 1 saturated heterocycles. The van der Waals surface area contributed by atoms with Gasteiger partial charge in [0, 0.05) is 0 Å². The van der Waals surface area contributed by atoms with Crippen LogP contribution >= 0.6 is 11.8 Å². The number of hydrogen-bond acceptors (Lipinski definition) is 8. The molecule has 24 heavy (non-hydrogen) atoms. The van der Waals surface area contributed by atoms with Crippen LogP contribution in [-0.4, -0.2) is 40.9 Å². The van der Waals surface area contributed by atoms with E-state index in [0.717, 1.165) is 19.4 Å². The summed E-state index contributed by atoms with van der Waals surface area (Å²) in [7, 11) is 0. The molecule has 0 bridgehead atoms. The van der Waals surface area contributed by atoms with Crippen molar-refractivity contribution in [3.63, 3.8) is 0 Å². The van der Waals surface area contributed by atoms with Gasteiger partial charge in [-0.05, 0) is 31.5 Å². The van der Waals surface area contributed by atoms with Crippen LogP contribution in [-0.2, 0) is 4.79 Å². The van der Waals surface area contributed by atoms with Crippen LogP contribution < -0.4 is 14.8 Å². The minimum absolute atomic E-state index is 0.0357. The second kappa shape index (κ2) is 6.82. The van der Waals surface area contributed by atoms with Gasteiger partial charge in [-0.1, -0.05) is 23.9 Å². The second-order valence-electron chi connectivity index (χ2n) is 5.67. The lowest BCUT2D eigenvalue weighted by Gasteiger charge is -2.23. The Morgan fingerprint density at radius 1 is 1.29 bits per heavy atom. The van der Waals surface area contributed by atoms with E-state index in [1.54, 1.807) is 0 Å². The van der Waals surface area contributed by atoms with E-state index in [2.05, 4.69) is 15.5 Å². The van der Waals surface area contributed by atoms with Crippen LogP contribution in [0.3, 0.4) is 0 Å². The molecule has 7 nitrogen and oxygen atoms in total. The fraction of sp³-hybridized carbons (Fsp3) is 0.438. The number of hydrogen-bond donors (Lipinski definition) is 1. The fourth-order valence-corrected chi connectivity index (χ4v) is 3.45. The molecule has 2 aliphatic heterocycles. The molecule has 0 amide bonds. The van der Waals surface area contributed by atoms with E-state index < -0.39 is 6.10 Å². The summed E-state index contributed by atoms with van der Waals surface area (Å²) in [5.41, 5.74) is 0. The van der Waals surface area contributed by atoms with Crippen LogP contribution in [0.2, 0.25) is 0 Å². The maximum Gasteiger partial charge on any atom is 0.277 e. The SMILES string of the molecule is O=C(CSc1nnc(C2COc3ccccc3O2)o1)C1CCCN1. The first-order chi connectivity index (χ1) is 11.8. The Kier molecular flexibility index (Phi) is 4.40. The molecule has 2 unspecified atom stereocenters. The van der Waals surface area contributed by atoms with E-state index in [1.165, 1.54) is 11.8 Å². The summed E-state index contributed by atoms with van der Waals surface area (Å²) in [4.78, 5) is 12.0. The van der Waals surface area contributed by atoms with Crippen molar-refractivity contribution in [2.45, 2.75) is 30.2 Å². The number of nitrogens with one attached hydrogen (secondary N) is 1. The van der Waals surface area contributed by atoms with Gasteiger partial charge in [0.15, 0.2) is 17.3 Å². The van der Waals surface area contributed by atoms with Crippen LogP contribution in [0.5, 0.6) is 11.5 Å². The standard InChI is InChI=1S/C16H17N3O4S/c20-11(10-4-3-7-17-10)9-24-16-19-18-15(23-16)14-8-21-12-5-1-2-6-13(12)22-14/h1-2,5-6,10,14,17H,3-4,7-9H2. The largest absolute Gasteiger partial charge is 0.485 e. The van der Waals surface area contributed by atoms with Gasteiger partial charge >= 0.3 is 0 Å². The molecule has 1 fully saturated rings. The Hall–Kier alpha value is -2.06. The van der Waals surface area contributed by atoms with Gasteiger partial charge in [-0.15, -0.1) is 10.2 Å². The average Bonchev–Trinajstić information content (AvgIpc) is 3.31. The minimum Gasteiger partial charge on any atom is -0.485 e. The lowest BCUT2D eigenvalue weighted by molar-refractivity contribution is -0.118. The monoisotopic (exact) mass is 347 g/mol. The average molecular weight is 347 g/mol. The number of ether oxygens (including phenoxy) is 2. The fourth-order valence-electron chi connectivity index (χ4n) is 2.74. The first kappa shape index (κ1) is 15.5. The van der Waals surface area contributed by atoms with Gasteiger partial charge in [0.05, 0.1) is 11.8 Å². The van der Waals surface area contributed by atoms with Gasteiger partial charge in [-0.25, -0.2) is 0 Å². The first-order valence-electron chi connectivity index (χ1n) is 7.90. The van der Waals surface area contributed by atoms with Crippen LogP contribution in [0.1, 0.15) is 24.8 Å². The zero-order valence-electron chi connectivity index (χ0n) is 12.9. The molecule has 0 saturated carbocycles. The van der Waals surface area contributed by atoms with Crippen molar-refractivity contribution in [3.8, 4) is 11.5 Å². The Balaban J connectivity index is 1.36. The van der Waals surface area contributed by atoms with E-state index in [-0.39, 0.29) is 11.8 Å². The molecule has 0 radical (unpaired) electrons. The van der Waals surface area contributed by atoms with Gasteiger partial charge in [-0.3, -0.25) is 4.79 Å². The number of benzene rings is 1. The third-order valence-corrected chi connectivity index (χ3v) is 4.83. The van der Waals surface area contributed by atoms with Crippen LogP contribution in [0.25, 0.3) is 0 Å². The number of carbonyl (C=O) groups is 1. The summed E-state index contributed by atoms with van der Waals surface area (Å²) in [6.07, 6.45) is 1.52. The van der Waals surface area contributed by atoms with E-state index in [4.69, 9.17) is 13.9 Å². The number of nitrogens with zero attached hydrogens (tertiary/aromatic N) is 2. The molecule has 0 spiro atoms. The predicted octanol–water partition coefficient (Wildman–Crippen LogP) is 2.00. The molecule has 1 N–H and O–H groups in total. The zero-order valence-corrected chi connectivity index (χ0v) is 13.8. The quantitative estimate of drug-likeness (QED) is 0.822. The molecular weight excluding hydrogens is 330 g/mol. The maximum absolute atomic E-state index is 12.0. The minimum atomic E-state index is -0.436.